The van der Waals surface area contributed by atoms with Crippen LogP contribution in [0.5, 0.6) is 0 Å². The van der Waals surface area contributed by atoms with E-state index in [0.29, 0.717) is 11.8 Å². The molecule has 0 unspecified atom stereocenters. The van der Waals surface area contributed by atoms with Gasteiger partial charge in [0, 0.05) is 24.2 Å². The third kappa shape index (κ3) is 3.66. The normalized spacial score (nSPS) is 16.3. The Kier molecular flexibility index (Phi) is 5.15. The van der Waals surface area contributed by atoms with Crippen LogP contribution >= 0.6 is 11.6 Å². The van der Waals surface area contributed by atoms with Crippen molar-refractivity contribution in [2.24, 2.45) is 5.92 Å². The molecule has 1 aliphatic rings. The van der Waals surface area contributed by atoms with Crippen LogP contribution in [0, 0.1) is 12.8 Å². The van der Waals surface area contributed by atoms with Gasteiger partial charge in [-0.25, -0.2) is 0 Å². The maximum atomic E-state index is 5.96. The van der Waals surface area contributed by atoms with Gasteiger partial charge in [-0.15, -0.1) is 11.6 Å². The number of nitrogens with zero attached hydrogens (tertiary/aromatic N) is 1. The number of hydrogen-bond donors (Lipinski definition) is 0. The van der Waals surface area contributed by atoms with Gasteiger partial charge in [0.05, 0.1) is 0 Å². The third-order valence-corrected chi connectivity index (χ3v) is 4.42. The van der Waals surface area contributed by atoms with Crippen LogP contribution in [0.1, 0.15) is 50.7 Å². The van der Waals surface area contributed by atoms with Crippen LogP contribution in [0.3, 0.4) is 0 Å². The zero-order valence-electron chi connectivity index (χ0n) is 12.5. The molecule has 0 bridgehead atoms. The second-order valence-corrected chi connectivity index (χ2v) is 6.50. The number of anilines is 1. The molecule has 19 heavy (non-hydrogen) atoms. The van der Waals surface area contributed by atoms with Crippen LogP contribution in [0.4, 0.5) is 5.69 Å². The lowest BCUT2D eigenvalue weighted by Gasteiger charge is -2.33. The van der Waals surface area contributed by atoms with Gasteiger partial charge in [-0.05, 0) is 48.9 Å². The molecular weight excluding hydrogens is 254 g/mol. The van der Waals surface area contributed by atoms with Crippen molar-refractivity contribution in [3.63, 3.8) is 0 Å². The van der Waals surface area contributed by atoms with Gasteiger partial charge in [-0.2, -0.15) is 0 Å². The summed E-state index contributed by atoms with van der Waals surface area (Å²) < 4.78 is 0. The maximum Gasteiger partial charge on any atom is 0.0476 e. The number of halogens is 1. The van der Waals surface area contributed by atoms with Gasteiger partial charge in [0.2, 0.25) is 0 Å². The summed E-state index contributed by atoms with van der Waals surface area (Å²) in [5.41, 5.74) is 3.95. The van der Waals surface area contributed by atoms with Crippen LogP contribution in [-0.2, 0) is 5.88 Å². The molecule has 0 atom stereocenters. The van der Waals surface area contributed by atoms with Crippen LogP contribution in [0.15, 0.2) is 18.2 Å². The van der Waals surface area contributed by atoms with E-state index in [-0.39, 0.29) is 0 Å². The first-order valence-corrected chi connectivity index (χ1v) is 8.07. The minimum absolute atomic E-state index is 0.611. The van der Waals surface area contributed by atoms with E-state index >= 15 is 0 Å². The Labute approximate surface area is 123 Å². The first-order chi connectivity index (χ1) is 9.11. The van der Waals surface area contributed by atoms with Gasteiger partial charge in [0.15, 0.2) is 0 Å². The van der Waals surface area contributed by atoms with Crippen molar-refractivity contribution in [3.05, 3.63) is 29.3 Å². The van der Waals surface area contributed by atoms with E-state index in [0.717, 1.165) is 12.6 Å². The van der Waals surface area contributed by atoms with Crippen molar-refractivity contribution in [1.29, 1.82) is 0 Å². The average molecular weight is 280 g/mol. The molecule has 0 saturated heterocycles. The van der Waals surface area contributed by atoms with Gasteiger partial charge >= 0.3 is 0 Å². The molecule has 2 heteroatoms. The monoisotopic (exact) mass is 279 g/mol. The summed E-state index contributed by atoms with van der Waals surface area (Å²) in [6, 6.07) is 7.51. The molecule has 1 nitrogen and oxygen atoms in total. The van der Waals surface area contributed by atoms with Crippen molar-refractivity contribution in [3.8, 4) is 0 Å². The van der Waals surface area contributed by atoms with Crippen LogP contribution in [-0.4, -0.2) is 12.6 Å². The highest BCUT2D eigenvalue weighted by atomic mass is 35.5. The number of aryl methyl sites for hydroxylation is 1. The van der Waals surface area contributed by atoms with Crippen LogP contribution in [0.2, 0.25) is 0 Å². The fourth-order valence-electron chi connectivity index (χ4n) is 3.08. The van der Waals surface area contributed by atoms with Crippen molar-refractivity contribution in [1.82, 2.24) is 0 Å². The highest BCUT2D eigenvalue weighted by molar-refractivity contribution is 6.17. The van der Waals surface area contributed by atoms with Crippen molar-refractivity contribution in [2.75, 3.05) is 11.4 Å². The molecule has 0 heterocycles. The second kappa shape index (κ2) is 6.65. The standard InChI is InChI=1S/C17H26ClN/c1-13(2)12-19(16-6-4-5-7-16)17-9-8-15(11-18)14(3)10-17/h8-10,13,16H,4-7,11-12H2,1-3H3. The van der Waals surface area contributed by atoms with Crippen molar-refractivity contribution < 1.29 is 0 Å². The highest BCUT2D eigenvalue weighted by Gasteiger charge is 2.23. The maximum absolute atomic E-state index is 5.96. The molecule has 2 rings (SSSR count). The summed E-state index contributed by atoms with van der Waals surface area (Å²) in [6.07, 6.45) is 5.47. The van der Waals surface area contributed by atoms with Crippen molar-refractivity contribution >= 4 is 17.3 Å². The minimum atomic E-state index is 0.611. The molecule has 0 aliphatic heterocycles. The summed E-state index contributed by atoms with van der Waals surface area (Å²) in [5.74, 6) is 1.31. The molecular formula is C17H26ClN. The zero-order chi connectivity index (χ0) is 13.8. The predicted molar refractivity (Wildman–Crippen MR) is 85.2 cm³/mol. The molecule has 1 aromatic rings. The molecule has 1 aliphatic carbocycles. The number of rotatable bonds is 5. The minimum Gasteiger partial charge on any atom is -0.368 e. The summed E-state index contributed by atoms with van der Waals surface area (Å²) >= 11 is 5.96. The molecule has 0 radical (unpaired) electrons. The zero-order valence-corrected chi connectivity index (χ0v) is 13.2. The predicted octanol–water partition coefficient (Wildman–Crippen LogP) is 5.14. The molecule has 0 N–H and O–H groups in total. The van der Waals surface area contributed by atoms with Crippen LogP contribution in [0.25, 0.3) is 0 Å². The molecule has 0 spiro atoms. The molecule has 1 saturated carbocycles. The number of benzene rings is 1. The van der Waals surface area contributed by atoms with E-state index in [1.807, 2.05) is 0 Å². The Morgan fingerprint density at radius 2 is 1.95 bits per heavy atom. The smallest absolute Gasteiger partial charge is 0.0476 e. The average Bonchev–Trinajstić information content (AvgIpc) is 2.89. The van der Waals surface area contributed by atoms with Gasteiger partial charge in [0.1, 0.15) is 0 Å². The third-order valence-electron chi connectivity index (χ3n) is 4.13. The highest BCUT2D eigenvalue weighted by Crippen LogP contribution is 2.30. The van der Waals surface area contributed by atoms with E-state index in [1.54, 1.807) is 0 Å². The Hall–Kier alpha value is -0.690. The lowest BCUT2D eigenvalue weighted by Crippen LogP contribution is -2.36. The van der Waals surface area contributed by atoms with Gasteiger partial charge in [0.25, 0.3) is 0 Å². The molecule has 0 amide bonds. The summed E-state index contributed by atoms with van der Waals surface area (Å²) in [7, 11) is 0. The summed E-state index contributed by atoms with van der Waals surface area (Å²) in [6.45, 7) is 7.94. The fraction of sp³-hybridized carbons (Fsp3) is 0.647. The Balaban J connectivity index is 2.23. The molecule has 0 aromatic heterocycles. The first kappa shape index (κ1) is 14.7. The topological polar surface area (TPSA) is 3.24 Å². The van der Waals surface area contributed by atoms with Crippen molar-refractivity contribution in [2.45, 2.75) is 58.4 Å². The number of alkyl halides is 1. The second-order valence-electron chi connectivity index (χ2n) is 6.23. The quantitative estimate of drug-likeness (QED) is 0.675. The Bertz CT molecular complexity index is 408. The fourth-order valence-corrected chi connectivity index (χ4v) is 3.38. The van der Waals surface area contributed by atoms with Gasteiger partial charge in [-0.3, -0.25) is 0 Å². The number of hydrogen-bond acceptors (Lipinski definition) is 1. The van der Waals surface area contributed by atoms with E-state index in [4.69, 9.17) is 11.6 Å². The van der Waals surface area contributed by atoms with E-state index in [1.165, 1.54) is 42.5 Å². The summed E-state index contributed by atoms with van der Waals surface area (Å²) in [4.78, 5) is 2.63. The SMILES string of the molecule is Cc1cc(N(CC(C)C)C2CCCC2)ccc1CCl. The Morgan fingerprint density at radius 1 is 1.26 bits per heavy atom. The molecule has 1 fully saturated rings. The Morgan fingerprint density at radius 3 is 2.47 bits per heavy atom. The lowest BCUT2D eigenvalue weighted by atomic mass is 10.1. The molecule has 106 valence electrons. The largest absolute Gasteiger partial charge is 0.368 e. The van der Waals surface area contributed by atoms with E-state index in [9.17, 15) is 0 Å². The van der Waals surface area contributed by atoms with Crippen LogP contribution < -0.4 is 4.90 Å². The van der Waals surface area contributed by atoms with E-state index < -0.39 is 0 Å². The summed E-state index contributed by atoms with van der Waals surface area (Å²) in [5, 5.41) is 0. The van der Waals surface area contributed by atoms with E-state index in [2.05, 4.69) is 43.9 Å². The first-order valence-electron chi connectivity index (χ1n) is 7.54. The molecule has 1 aromatic carbocycles. The van der Waals surface area contributed by atoms with Gasteiger partial charge < -0.3 is 4.90 Å². The lowest BCUT2D eigenvalue weighted by molar-refractivity contribution is 0.536. The van der Waals surface area contributed by atoms with Gasteiger partial charge in [-0.1, -0.05) is 32.8 Å².